The van der Waals surface area contributed by atoms with Gasteiger partial charge in [0.15, 0.2) is 0 Å². The summed E-state index contributed by atoms with van der Waals surface area (Å²) in [4.78, 5) is 14.0. The molecule has 0 radical (unpaired) electrons. The van der Waals surface area contributed by atoms with Gasteiger partial charge in [0.25, 0.3) is 0 Å². The normalized spacial score (nSPS) is 11.1. The van der Waals surface area contributed by atoms with Crippen LogP contribution in [-0.4, -0.2) is 37.2 Å². The zero-order valence-corrected chi connectivity index (χ0v) is 12.8. The highest BCUT2D eigenvalue weighted by molar-refractivity contribution is 5.89. The number of methoxy groups -OCH3 is 1. The minimum atomic E-state index is -0.295. The molecule has 0 aliphatic heterocycles. The molecule has 0 aromatic heterocycles. The van der Waals surface area contributed by atoms with Gasteiger partial charge in [-0.2, -0.15) is 0 Å². The Hall–Kier alpha value is -1.75. The van der Waals surface area contributed by atoms with Crippen LogP contribution in [0.2, 0.25) is 0 Å². The fraction of sp³-hybridized carbons (Fsp3) is 0.533. The standard InChI is InChI=1S/C15H25N3O2/c1-5-15(6-2,11-16)18(3)14(19)17-12-7-9-13(20-4)10-8-12/h7-10H,5-6,11,16H2,1-4H3,(H,17,19). The zero-order chi connectivity index (χ0) is 15.2. The number of nitrogens with zero attached hydrogens (tertiary/aromatic N) is 1. The molecule has 112 valence electrons. The molecule has 5 nitrogen and oxygen atoms in total. The number of hydrogen-bond acceptors (Lipinski definition) is 3. The van der Waals surface area contributed by atoms with Crippen molar-refractivity contribution in [2.24, 2.45) is 5.73 Å². The van der Waals surface area contributed by atoms with Crippen molar-refractivity contribution in [2.45, 2.75) is 32.2 Å². The molecule has 1 aromatic rings. The molecule has 1 aromatic carbocycles. The van der Waals surface area contributed by atoms with E-state index >= 15 is 0 Å². The van der Waals surface area contributed by atoms with Crippen LogP contribution in [0.5, 0.6) is 5.75 Å². The molecule has 3 N–H and O–H groups in total. The van der Waals surface area contributed by atoms with Crippen LogP contribution in [0.3, 0.4) is 0 Å². The third-order valence-corrected chi connectivity index (χ3v) is 4.05. The maximum Gasteiger partial charge on any atom is 0.322 e. The number of urea groups is 1. The quantitative estimate of drug-likeness (QED) is 0.841. The molecule has 5 heteroatoms. The van der Waals surface area contributed by atoms with E-state index in [2.05, 4.69) is 5.32 Å². The van der Waals surface area contributed by atoms with Crippen LogP contribution in [0.15, 0.2) is 24.3 Å². The molecule has 0 aliphatic carbocycles. The molecule has 0 bridgehead atoms. The number of nitrogens with two attached hydrogens (primary N) is 1. The van der Waals surface area contributed by atoms with Gasteiger partial charge in [-0.05, 0) is 37.1 Å². The zero-order valence-electron chi connectivity index (χ0n) is 12.8. The first-order valence-corrected chi connectivity index (χ1v) is 6.92. The summed E-state index contributed by atoms with van der Waals surface area (Å²) in [5.41, 5.74) is 6.30. The molecule has 0 atom stereocenters. The van der Waals surface area contributed by atoms with Crippen molar-refractivity contribution in [1.82, 2.24) is 4.90 Å². The number of rotatable bonds is 6. The first-order valence-electron chi connectivity index (χ1n) is 6.92. The maximum atomic E-state index is 12.3. The minimum absolute atomic E-state index is 0.149. The van der Waals surface area contributed by atoms with Crippen molar-refractivity contribution in [2.75, 3.05) is 26.0 Å². The second kappa shape index (κ2) is 7.14. The SMILES string of the molecule is CCC(CC)(CN)N(C)C(=O)Nc1ccc(OC)cc1. The lowest BCUT2D eigenvalue weighted by Gasteiger charge is -2.39. The summed E-state index contributed by atoms with van der Waals surface area (Å²) in [6, 6.07) is 7.10. The van der Waals surface area contributed by atoms with E-state index in [4.69, 9.17) is 10.5 Å². The minimum Gasteiger partial charge on any atom is -0.497 e. The molecule has 0 aliphatic rings. The Kier molecular flexibility index (Phi) is 5.82. The van der Waals surface area contributed by atoms with Crippen LogP contribution in [0.4, 0.5) is 10.5 Å². The predicted octanol–water partition coefficient (Wildman–Crippen LogP) is 2.68. The van der Waals surface area contributed by atoms with Gasteiger partial charge in [0, 0.05) is 19.3 Å². The topological polar surface area (TPSA) is 67.6 Å². The van der Waals surface area contributed by atoms with Gasteiger partial charge in [0.05, 0.1) is 12.6 Å². The highest BCUT2D eigenvalue weighted by Gasteiger charge is 2.32. The van der Waals surface area contributed by atoms with Crippen molar-refractivity contribution in [3.05, 3.63) is 24.3 Å². The fourth-order valence-corrected chi connectivity index (χ4v) is 2.25. The molecule has 0 saturated carbocycles. The van der Waals surface area contributed by atoms with Crippen LogP contribution in [-0.2, 0) is 0 Å². The number of likely N-dealkylation sites (N-methyl/N-ethyl adjacent to an activating group) is 1. The van der Waals surface area contributed by atoms with E-state index in [0.29, 0.717) is 6.54 Å². The lowest BCUT2D eigenvalue weighted by molar-refractivity contribution is 0.140. The molecule has 0 heterocycles. The van der Waals surface area contributed by atoms with Gasteiger partial charge < -0.3 is 20.7 Å². The number of benzene rings is 1. The second-order valence-electron chi connectivity index (χ2n) is 4.85. The smallest absolute Gasteiger partial charge is 0.322 e. The average molecular weight is 279 g/mol. The first kappa shape index (κ1) is 16.3. The van der Waals surface area contributed by atoms with Gasteiger partial charge in [-0.15, -0.1) is 0 Å². The lowest BCUT2D eigenvalue weighted by Crippen LogP contribution is -2.55. The van der Waals surface area contributed by atoms with Gasteiger partial charge in [0.2, 0.25) is 0 Å². The monoisotopic (exact) mass is 279 g/mol. The summed E-state index contributed by atoms with van der Waals surface area (Å²) in [6.45, 7) is 4.55. The summed E-state index contributed by atoms with van der Waals surface area (Å²) in [5, 5.41) is 2.88. The van der Waals surface area contributed by atoms with Gasteiger partial charge >= 0.3 is 6.03 Å². The first-order chi connectivity index (χ1) is 9.52. The van der Waals surface area contributed by atoms with E-state index in [0.717, 1.165) is 24.3 Å². The Morgan fingerprint density at radius 2 is 1.85 bits per heavy atom. The molecular weight excluding hydrogens is 254 g/mol. The Balaban J connectivity index is 2.78. The van der Waals surface area contributed by atoms with Crippen molar-refractivity contribution < 1.29 is 9.53 Å². The highest BCUT2D eigenvalue weighted by atomic mass is 16.5. The Labute approximate surface area is 121 Å². The number of nitrogens with one attached hydrogen (secondary N) is 1. The molecule has 0 saturated heterocycles. The van der Waals surface area contributed by atoms with Crippen LogP contribution in [0.25, 0.3) is 0 Å². The lowest BCUT2D eigenvalue weighted by atomic mass is 9.91. The predicted molar refractivity (Wildman–Crippen MR) is 82.1 cm³/mol. The number of hydrogen-bond donors (Lipinski definition) is 2. The Morgan fingerprint density at radius 1 is 1.30 bits per heavy atom. The van der Waals surface area contributed by atoms with Gasteiger partial charge in [-0.1, -0.05) is 13.8 Å². The number of ether oxygens (including phenoxy) is 1. The number of amides is 2. The molecule has 1 rings (SSSR count). The van der Waals surface area contributed by atoms with E-state index in [1.807, 2.05) is 38.1 Å². The molecular formula is C15H25N3O2. The van der Waals surface area contributed by atoms with E-state index in [1.165, 1.54) is 0 Å². The van der Waals surface area contributed by atoms with Gasteiger partial charge in [-0.25, -0.2) is 4.79 Å². The van der Waals surface area contributed by atoms with Crippen LogP contribution in [0, 0.1) is 0 Å². The summed E-state index contributed by atoms with van der Waals surface area (Å²) in [5.74, 6) is 0.759. The molecule has 0 spiro atoms. The van der Waals surface area contributed by atoms with Crippen LogP contribution >= 0.6 is 0 Å². The summed E-state index contributed by atoms with van der Waals surface area (Å²) >= 11 is 0. The Morgan fingerprint density at radius 3 is 2.25 bits per heavy atom. The second-order valence-corrected chi connectivity index (χ2v) is 4.85. The van der Waals surface area contributed by atoms with Crippen molar-refractivity contribution in [1.29, 1.82) is 0 Å². The van der Waals surface area contributed by atoms with E-state index in [-0.39, 0.29) is 11.6 Å². The Bertz CT molecular complexity index is 419. The van der Waals surface area contributed by atoms with E-state index < -0.39 is 0 Å². The molecule has 20 heavy (non-hydrogen) atoms. The van der Waals surface area contributed by atoms with Crippen LogP contribution < -0.4 is 15.8 Å². The summed E-state index contributed by atoms with van der Waals surface area (Å²) in [6.07, 6.45) is 1.65. The maximum absolute atomic E-state index is 12.3. The third kappa shape index (κ3) is 3.42. The summed E-state index contributed by atoms with van der Waals surface area (Å²) < 4.78 is 5.09. The molecule has 0 unspecified atom stereocenters. The van der Waals surface area contributed by atoms with Crippen molar-refractivity contribution in [3.63, 3.8) is 0 Å². The van der Waals surface area contributed by atoms with Crippen LogP contribution in [0.1, 0.15) is 26.7 Å². The average Bonchev–Trinajstić information content (AvgIpc) is 2.50. The fourth-order valence-electron chi connectivity index (χ4n) is 2.25. The van der Waals surface area contributed by atoms with Crippen molar-refractivity contribution in [3.8, 4) is 5.75 Å². The van der Waals surface area contributed by atoms with Gasteiger partial charge in [0.1, 0.15) is 5.75 Å². The molecule has 2 amide bonds. The number of carbonyl (C=O) groups is 1. The van der Waals surface area contributed by atoms with Crippen molar-refractivity contribution >= 4 is 11.7 Å². The number of anilines is 1. The van der Waals surface area contributed by atoms with Gasteiger partial charge in [-0.3, -0.25) is 0 Å². The van der Waals surface area contributed by atoms with E-state index in [9.17, 15) is 4.79 Å². The van der Waals surface area contributed by atoms with E-state index in [1.54, 1.807) is 19.1 Å². The summed E-state index contributed by atoms with van der Waals surface area (Å²) in [7, 11) is 3.40. The third-order valence-electron chi connectivity index (χ3n) is 4.05. The molecule has 0 fully saturated rings. The number of carbonyl (C=O) groups excluding carboxylic acids is 1. The largest absolute Gasteiger partial charge is 0.497 e. The highest BCUT2D eigenvalue weighted by Crippen LogP contribution is 2.23.